The Balaban J connectivity index is 2.70. The number of esters is 1. The van der Waals surface area contributed by atoms with Gasteiger partial charge in [0.15, 0.2) is 0 Å². The Morgan fingerprint density at radius 3 is 2.41 bits per heavy atom. The molecule has 1 rings (SSSR count). The third-order valence-corrected chi connectivity index (χ3v) is 4.38. The number of carbonyl (C=O) groups is 1. The van der Waals surface area contributed by atoms with Crippen LogP contribution in [0.5, 0.6) is 0 Å². The molecule has 0 amide bonds. The van der Waals surface area contributed by atoms with Crippen LogP contribution in [0.25, 0.3) is 0 Å². The van der Waals surface area contributed by atoms with Gasteiger partial charge in [0, 0.05) is 10.1 Å². The molecule has 2 atom stereocenters. The van der Waals surface area contributed by atoms with Crippen LogP contribution in [-0.2, 0) is 9.53 Å². The van der Waals surface area contributed by atoms with Gasteiger partial charge in [0.05, 0.1) is 13.0 Å². The van der Waals surface area contributed by atoms with E-state index in [0.717, 1.165) is 0 Å². The molecular formula is C14H20O2S. The minimum atomic E-state index is -0.145. The monoisotopic (exact) mass is 252 g/mol. The van der Waals surface area contributed by atoms with Gasteiger partial charge in [-0.2, -0.15) is 0 Å². The zero-order valence-corrected chi connectivity index (χ0v) is 11.9. The molecule has 0 heterocycles. The summed E-state index contributed by atoms with van der Waals surface area (Å²) < 4.78 is 4.76. The first-order chi connectivity index (χ1) is 7.95. The molecule has 0 aromatic heterocycles. The van der Waals surface area contributed by atoms with Crippen LogP contribution in [0.2, 0.25) is 0 Å². The van der Waals surface area contributed by atoms with E-state index in [1.807, 2.05) is 6.92 Å². The molecule has 0 aliphatic carbocycles. The lowest BCUT2D eigenvalue weighted by atomic mass is 10.1. The quantitative estimate of drug-likeness (QED) is 0.605. The minimum Gasteiger partial charge on any atom is -0.469 e. The second-order valence-electron chi connectivity index (χ2n) is 4.38. The van der Waals surface area contributed by atoms with E-state index in [4.69, 9.17) is 4.74 Å². The molecule has 0 fully saturated rings. The van der Waals surface area contributed by atoms with Crippen molar-refractivity contribution in [1.82, 2.24) is 0 Å². The Kier molecular flexibility index (Phi) is 5.06. The van der Waals surface area contributed by atoms with Crippen molar-refractivity contribution < 1.29 is 9.53 Å². The lowest BCUT2D eigenvalue weighted by molar-refractivity contribution is -0.144. The molecule has 0 saturated carbocycles. The third kappa shape index (κ3) is 3.77. The predicted molar refractivity (Wildman–Crippen MR) is 72.4 cm³/mol. The topological polar surface area (TPSA) is 26.3 Å². The summed E-state index contributed by atoms with van der Waals surface area (Å²) in [5.41, 5.74) is 2.58. The smallest absolute Gasteiger partial charge is 0.309 e. The van der Waals surface area contributed by atoms with Gasteiger partial charge in [0.2, 0.25) is 0 Å². The van der Waals surface area contributed by atoms with Crippen molar-refractivity contribution in [3.8, 4) is 0 Å². The van der Waals surface area contributed by atoms with Gasteiger partial charge in [-0.05, 0) is 37.1 Å². The first-order valence-corrected chi connectivity index (χ1v) is 6.65. The Morgan fingerprint density at radius 2 is 1.88 bits per heavy atom. The first-order valence-electron chi connectivity index (χ1n) is 5.77. The number of aryl methyl sites for hydroxylation is 2. The van der Waals surface area contributed by atoms with Crippen molar-refractivity contribution in [2.45, 2.75) is 37.8 Å². The van der Waals surface area contributed by atoms with E-state index in [9.17, 15) is 4.79 Å². The first kappa shape index (κ1) is 14.1. The summed E-state index contributed by atoms with van der Waals surface area (Å²) in [6.07, 6.45) is 0. The molecule has 1 aromatic rings. The van der Waals surface area contributed by atoms with Crippen LogP contribution in [0.4, 0.5) is 0 Å². The lowest BCUT2D eigenvalue weighted by Gasteiger charge is -2.17. The van der Waals surface area contributed by atoms with Gasteiger partial charge < -0.3 is 4.74 Å². The van der Waals surface area contributed by atoms with Gasteiger partial charge in [-0.3, -0.25) is 4.79 Å². The summed E-state index contributed by atoms with van der Waals surface area (Å²) in [5.74, 6) is -0.236. The molecule has 0 bridgehead atoms. The molecule has 0 aliphatic rings. The van der Waals surface area contributed by atoms with Crippen LogP contribution in [0.15, 0.2) is 23.1 Å². The number of benzene rings is 1. The molecule has 0 radical (unpaired) electrons. The number of carbonyl (C=O) groups excluding carboxylic acids is 1. The standard InChI is InChI=1S/C14H20O2S/c1-9-6-7-13(8-10(9)2)17-12(4)11(3)14(15)16-5/h6-8,11-12H,1-5H3. The van der Waals surface area contributed by atoms with Gasteiger partial charge in [-0.15, -0.1) is 11.8 Å². The molecule has 0 spiro atoms. The minimum absolute atomic E-state index is 0.0911. The third-order valence-electron chi connectivity index (χ3n) is 3.08. The molecule has 3 heteroatoms. The zero-order chi connectivity index (χ0) is 13.0. The average molecular weight is 252 g/mol. The number of hydrogen-bond donors (Lipinski definition) is 0. The number of rotatable bonds is 4. The number of thioether (sulfide) groups is 1. The van der Waals surface area contributed by atoms with E-state index in [2.05, 4.69) is 39.0 Å². The van der Waals surface area contributed by atoms with Crippen molar-refractivity contribution in [3.05, 3.63) is 29.3 Å². The summed E-state index contributed by atoms with van der Waals surface area (Å²) in [6.45, 7) is 8.17. The van der Waals surface area contributed by atoms with Gasteiger partial charge >= 0.3 is 5.97 Å². The molecule has 2 unspecified atom stereocenters. The van der Waals surface area contributed by atoms with Crippen molar-refractivity contribution in [1.29, 1.82) is 0 Å². The van der Waals surface area contributed by atoms with Crippen LogP contribution in [0.1, 0.15) is 25.0 Å². The van der Waals surface area contributed by atoms with Gasteiger partial charge in [0.25, 0.3) is 0 Å². The van der Waals surface area contributed by atoms with Crippen LogP contribution >= 0.6 is 11.8 Å². The largest absolute Gasteiger partial charge is 0.469 e. The molecule has 1 aromatic carbocycles. The fraction of sp³-hybridized carbons (Fsp3) is 0.500. The van der Waals surface area contributed by atoms with Gasteiger partial charge in [0.1, 0.15) is 0 Å². The number of methoxy groups -OCH3 is 1. The highest BCUT2D eigenvalue weighted by molar-refractivity contribution is 8.00. The Labute approximate surface area is 108 Å². The van der Waals surface area contributed by atoms with E-state index in [1.165, 1.54) is 23.1 Å². The molecular weight excluding hydrogens is 232 g/mol. The summed E-state index contributed by atoms with van der Waals surface area (Å²) in [7, 11) is 1.44. The maximum atomic E-state index is 11.4. The zero-order valence-electron chi connectivity index (χ0n) is 11.1. The maximum absolute atomic E-state index is 11.4. The average Bonchev–Trinajstić information content (AvgIpc) is 2.31. The highest BCUT2D eigenvalue weighted by Gasteiger charge is 2.21. The van der Waals surface area contributed by atoms with E-state index in [0.29, 0.717) is 0 Å². The molecule has 2 nitrogen and oxygen atoms in total. The second-order valence-corrected chi connectivity index (χ2v) is 5.83. The maximum Gasteiger partial charge on any atom is 0.309 e. The van der Waals surface area contributed by atoms with Crippen molar-refractivity contribution >= 4 is 17.7 Å². The Bertz CT molecular complexity index is 401. The second kappa shape index (κ2) is 6.10. The lowest BCUT2D eigenvalue weighted by Crippen LogP contribution is -2.21. The fourth-order valence-electron chi connectivity index (χ4n) is 1.48. The van der Waals surface area contributed by atoms with Crippen molar-refractivity contribution in [2.75, 3.05) is 7.11 Å². The predicted octanol–water partition coefficient (Wildman–Crippen LogP) is 3.59. The van der Waals surface area contributed by atoms with Crippen LogP contribution in [0.3, 0.4) is 0 Å². The van der Waals surface area contributed by atoms with Crippen molar-refractivity contribution in [2.24, 2.45) is 5.92 Å². The van der Waals surface area contributed by atoms with E-state index in [-0.39, 0.29) is 17.1 Å². The van der Waals surface area contributed by atoms with Gasteiger partial charge in [-0.1, -0.05) is 19.9 Å². The Morgan fingerprint density at radius 1 is 1.24 bits per heavy atom. The number of ether oxygens (including phenoxy) is 1. The van der Waals surface area contributed by atoms with E-state index >= 15 is 0 Å². The molecule has 94 valence electrons. The summed E-state index contributed by atoms with van der Waals surface area (Å²) in [6, 6.07) is 6.39. The SMILES string of the molecule is COC(=O)C(C)C(C)Sc1ccc(C)c(C)c1. The van der Waals surface area contributed by atoms with E-state index < -0.39 is 0 Å². The van der Waals surface area contributed by atoms with Crippen LogP contribution in [-0.4, -0.2) is 18.3 Å². The summed E-state index contributed by atoms with van der Waals surface area (Å²) in [5, 5.41) is 0.213. The number of hydrogen-bond acceptors (Lipinski definition) is 3. The summed E-state index contributed by atoms with van der Waals surface area (Å²) >= 11 is 1.72. The van der Waals surface area contributed by atoms with Gasteiger partial charge in [-0.25, -0.2) is 0 Å². The molecule has 0 saturated heterocycles. The molecule has 17 heavy (non-hydrogen) atoms. The normalized spacial score (nSPS) is 14.2. The van der Waals surface area contributed by atoms with E-state index in [1.54, 1.807) is 11.8 Å². The fourth-order valence-corrected chi connectivity index (χ4v) is 2.62. The Hall–Kier alpha value is -0.960. The van der Waals surface area contributed by atoms with Crippen LogP contribution < -0.4 is 0 Å². The molecule has 0 N–H and O–H groups in total. The van der Waals surface area contributed by atoms with Crippen molar-refractivity contribution in [3.63, 3.8) is 0 Å². The molecule has 0 aliphatic heterocycles. The highest BCUT2D eigenvalue weighted by atomic mass is 32.2. The highest BCUT2D eigenvalue weighted by Crippen LogP contribution is 2.29. The van der Waals surface area contributed by atoms with Crippen LogP contribution in [0, 0.1) is 19.8 Å². The summed E-state index contributed by atoms with van der Waals surface area (Å²) in [4.78, 5) is 12.6.